The molecule has 0 bridgehead atoms. The maximum Gasteiger partial charge on any atom is 0.273 e. The number of nitro benzene ring substituents is 1. The Morgan fingerprint density at radius 2 is 1.92 bits per heavy atom. The van der Waals surface area contributed by atoms with Gasteiger partial charge in [0.2, 0.25) is 0 Å². The summed E-state index contributed by atoms with van der Waals surface area (Å²) >= 11 is 0. The van der Waals surface area contributed by atoms with Gasteiger partial charge in [-0.1, -0.05) is 42.5 Å². The van der Waals surface area contributed by atoms with E-state index in [9.17, 15) is 10.1 Å². The van der Waals surface area contributed by atoms with Crippen LogP contribution in [0.1, 0.15) is 22.5 Å². The lowest BCUT2D eigenvalue weighted by molar-refractivity contribution is -0.385. The molecule has 0 unspecified atom stereocenters. The first kappa shape index (κ1) is 15.9. The van der Waals surface area contributed by atoms with E-state index in [1.54, 1.807) is 24.4 Å². The van der Waals surface area contributed by atoms with Crippen LogP contribution in [0.2, 0.25) is 0 Å². The van der Waals surface area contributed by atoms with Gasteiger partial charge in [-0.25, -0.2) is 4.98 Å². The molecule has 0 atom stereocenters. The van der Waals surface area contributed by atoms with Gasteiger partial charge in [0.1, 0.15) is 5.82 Å². The number of imidazole rings is 1. The number of aromatic nitrogens is 2. The fraction of sp³-hybridized carbons (Fsp3) is 0.167. The van der Waals surface area contributed by atoms with Gasteiger partial charge in [-0.05, 0) is 11.1 Å². The molecule has 2 N–H and O–H groups in total. The molecule has 24 heavy (non-hydrogen) atoms. The van der Waals surface area contributed by atoms with Crippen LogP contribution in [0.5, 0.6) is 0 Å². The molecule has 3 rings (SSSR count). The molecule has 2 aromatic carbocycles. The van der Waals surface area contributed by atoms with Gasteiger partial charge >= 0.3 is 0 Å². The van der Waals surface area contributed by atoms with Crippen molar-refractivity contribution in [2.24, 2.45) is 5.73 Å². The zero-order chi connectivity index (χ0) is 16.9. The summed E-state index contributed by atoms with van der Waals surface area (Å²) in [7, 11) is 0. The normalized spacial score (nSPS) is 10.7. The third-order valence-corrected chi connectivity index (χ3v) is 3.92. The van der Waals surface area contributed by atoms with Gasteiger partial charge in [0.25, 0.3) is 5.69 Å². The number of benzene rings is 2. The molecule has 0 radical (unpaired) electrons. The Hall–Kier alpha value is -2.99. The predicted molar refractivity (Wildman–Crippen MR) is 91.6 cm³/mol. The van der Waals surface area contributed by atoms with Crippen molar-refractivity contribution in [3.8, 4) is 0 Å². The first-order chi connectivity index (χ1) is 11.7. The van der Waals surface area contributed by atoms with Crippen molar-refractivity contribution < 1.29 is 4.92 Å². The number of hydrogen-bond donors (Lipinski definition) is 1. The van der Waals surface area contributed by atoms with Crippen molar-refractivity contribution in [2.45, 2.75) is 19.5 Å². The number of nitro groups is 1. The largest absolute Gasteiger partial charge is 0.330 e. The summed E-state index contributed by atoms with van der Waals surface area (Å²) in [4.78, 5) is 15.2. The lowest BCUT2D eigenvalue weighted by atomic mass is 10.1. The van der Waals surface area contributed by atoms with Crippen molar-refractivity contribution in [1.82, 2.24) is 9.55 Å². The van der Waals surface area contributed by atoms with Gasteiger partial charge in [0, 0.05) is 43.5 Å². The van der Waals surface area contributed by atoms with Gasteiger partial charge < -0.3 is 10.3 Å². The van der Waals surface area contributed by atoms with Crippen molar-refractivity contribution in [1.29, 1.82) is 0 Å². The molecule has 0 aliphatic rings. The van der Waals surface area contributed by atoms with Crippen LogP contribution in [0.3, 0.4) is 0 Å². The van der Waals surface area contributed by atoms with Crippen molar-refractivity contribution in [3.63, 3.8) is 0 Å². The summed E-state index contributed by atoms with van der Waals surface area (Å²) in [6.45, 7) is 1.16. The van der Waals surface area contributed by atoms with Crippen molar-refractivity contribution >= 4 is 5.69 Å². The molecule has 0 amide bonds. The van der Waals surface area contributed by atoms with Crippen LogP contribution in [0.15, 0.2) is 60.9 Å². The van der Waals surface area contributed by atoms with Crippen LogP contribution in [0.25, 0.3) is 0 Å². The van der Waals surface area contributed by atoms with E-state index < -0.39 is 0 Å². The second-order valence-electron chi connectivity index (χ2n) is 5.56. The van der Waals surface area contributed by atoms with Crippen LogP contribution >= 0.6 is 0 Å². The fourth-order valence-electron chi connectivity index (χ4n) is 2.71. The van der Waals surface area contributed by atoms with Gasteiger partial charge in [-0.2, -0.15) is 0 Å². The highest BCUT2D eigenvalue weighted by Gasteiger charge is 2.15. The van der Waals surface area contributed by atoms with Crippen LogP contribution in [0, 0.1) is 10.1 Å². The minimum absolute atomic E-state index is 0.122. The number of nitrogens with two attached hydrogens (primary N) is 1. The van der Waals surface area contributed by atoms with E-state index in [1.165, 1.54) is 6.07 Å². The van der Waals surface area contributed by atoms with E-state index in [1.807, 2.05) is 29.0 Å². The second-order valence-corrected chi connectivity index (χ2v) is 5.56. The molecule has 1 aromatic heterocycles. The number of para-hydroxylation sites is 1. The average molecular weight is 322 g/mol. The van der Waals surface area contributed by atoms with Crippen LogP contribution < -0.4 is 5.73 Å². The standard InChI is InChI=1S/C18H18N4O2/c19-12-14-4-3-5-15(10-14)13-21-9-8-20-18(21)11-16-6-1-2-7-17(16)22(23)24/h1-10H,11-13,19H2. The molecule has 1 heterocycles. The summed E-state index contributed by atoms with van der Waals surface area (Å²) in [6.07, 6.45) is 4.02. The lowest BCUT2D eigenvalue weighted by Gasteiger charge is -2.09. The zero-order valence-electron chi connectivity index (χ0n) is 13.1. The number of nitrogens with zero attached hydrogens (tertiary/aromatic N) is 3. The molecule has 0 spiro atoms. The van der Waals surface area contributed by atoms with Gasteiger partial charge in [-0.15, -0.1) is 0 Å². The van der Waals surface area contributed by atoms with E-state index >= 15 is 0 Å². The highest BCUT2D eigenvalue weighted by Crippen LogP contribution is 2.21. The van der Waals surface area contributed by atoms with E-state index in [2.05, 4.69) is 11.1 Å². The summed E-state index contributed by atoms with van der Waals surface area (Å²) in [6, 6.07) is 14.8. The minimum atomic E-state index is -0.354. The third kappa shape index (κ3) is 3.49. The Bertz CT molecular complexity index is 857. The second kappa shape index (κ2) is 7.06. The van der Waals surface area contributed by atoms with Gasteiger partial charge in [0.15, 0.2) is 0 Å². The highest BCUT2D eigenvalue weighted by molar-refractivity contribution is 5.41. The van der Waals surface area contributed by atoms with Crippen LogP contribution in [-0.2, 0) is 19.5 Å². The Labute approximate surface area is 139 Å². The minimum Gasteiger partial charge on any atom is -0.330 e. The molecule has 0 aliphatic heterocycles. The first-order valence-corrected chi connectivity index (χ1v) is 7.67. The topological polar surface area (TPSA) is 87.0 Å². The predicted octanol–water partition coefficient (Wildman–Crippen LogP) is 2.89. The zero-order valence-corrected chi connectivity index (χ0v) is 13.1. The monoisotopic (exact) mass is 322 g/mol. The maximum absolute atomic E-state index is 11.2. The molecule has 0 saturated heterocycles. The summed E-state index contributed by atoms with van der Waals surface area (Å²) < 4.78 is 2.01. The summed E-state index contributed by atoms with van der Waals surface area (Å²) in [5.41, 5.74) is 8.67. The van der Waals surface area contributed by atoms with Crippen LogP contribution in [-0.4, -0.2) is 14.5 Å². The Morgan fingerprint density at radius 3 is 2.71 bits per heavy atom. The average Bonchev–Trinajstić information content (AvgIpc) is 3.02. The van der Waals surface area contributed by atoms with Crippen molar-refractivity contribution in [3.05, 3.63) is 93.6 Å². The lowest BCUT2D eigenvalue weighted by Crippen LogP contribution is -2.07. The number of hydrogen-bond acceptors (Lipinski definition) is 4. The molecule has 122 valence electrons. The SMILES string of the molecule is NCc1cccc(Cn2ccnc2Cc2ccccc2[N+](=O)[O-])c1. The maximum atomic E-state index is 11.2. The van der Waals surface area contributed by atoms with Crippen molar-refractivity contribution in [2.75, 3.05) is 0 Å². The van der Waals surface area contributed by atoms with E-state index in [4.69, 9.17) is 5.73 Å². The molecule has 0 saturated carbocycles. The first-order valence-electron chi connectivity index (χ1n) is 7.67. The van der Waals surface area contributed by atoms with E-state index in [0.29, 0.717) is 25.1 Å². The molecular formula is C18H18N4O2. The highest BCUT2D eigenvalue weighted by atomic mass is 16.6. The Morgan fingerprint density at radius 1 is 1.12 bits per heavy atom. The molecule has 6 heteroatoms. The number of rotatable bonds is 6. The molecule has 6 nitrogen and oxygen atoms in total. The Kier molecular flexibility index (Phi) is 4.67. The molecular weight excluding hydrogens is 304 g/mol. The molecule has 0 fully saturated rings. The van der Waals surface area contributed by atoms with Gasteiger partial charge in [0.05, 0.1) is 4.92 Å². The van der Waals surface area contributed by atoms with Crippen LogP contribution in [0.4, 0.5) is 5.69 Å². The smallest absolute Gasteiger partial charge is 0.273 e. The summed E-state index contributed by atoms with van der Waals surface area (Å²) in [5, 5.41) is 11.2. The molecule has 0 aliphatic carbocycles. The van der Waals surface area contributed by atoms with Gasteiger partial charge in [-0.3, -0.25) is 10.1 Å². The third-order valence-electron chi connectivity index (χ3n) is 3.92. The summed E-state index contributed by atoms with van der Waals surface area (Å²) in [5.74, 6) is 0.794. The van der Waals surface area contributed by atoms with E-state index in [-0.39, 0.29) is 10.6 Å². The Balaban J connectivity index is 1.85. The molecule has 3 aromatic rings. The quantitative estimate of drug-likeness (QED) is 0.558. The van der Waals surface area contributed by atoms with E-state index in [0.717, 1.165) is 17.0 Å². The fourth-order valence-corrected chi connectivity index (χ4v) is 2.71.